The van der Waals surface area contributed by atoms with E-state index in [0.717, 1.165) is 18.8 Å². The number of terminal acetylenes is 1. The number of hydrogen-bond acceptors (Lipinski definition) is 2. The summed E-state index contributed by atoms with van der Waals surface area (Å²) in [5.41, 5.74) is 0. The van der Waals surface area contributed by atoms with Crippen LogP contribution >= 0.6 is 0 Å². The Hall–Kier alpha value is -0.990. The van der Waals surface area contributed by atoms with Crippen LogP contribution in [0.1, 0.15) is 32.6 Å². The fourth-order valence-electron chi connectivity index (χ4n) is 2.11. The molecule has 0 saturated heterocycles. The molecule has 0 aromatic heterocycles. The molecular weight excluding hydrogens is 172 g/mol. The van der Waals surface area contributed by atoms with Crippen LogP contribution in [0.15, 0.2) is 0 Å². The van der Waals surface area contributed by atoms with Crippen LogP contribution in [0.3, 0.4) is 0 Å². The highest BCUT2D eigenvalue weighted by Crippen LogP contribution is 2.30. The molecule has 2 nitrogen and oxygen atoms in total. The van der Waals surface area contributed by atoms with Gasteiger partial charge in [0.15, 0.2) is 0 Å². The van der Waals surface area contributed by atoms with Crippen molar-refractivity contribution in [1.82, 2.24) is 5.32 Å². The van der Waals surface area contributed by atoms with Crippen LogP contribution in [-0.4, -0.2) is 12.6 Å². The van der Waals surface area contributed by atoms with Crippen molar-refractivity contribution in [2.24, 2.45) is 11.8 Å². The van der Waals surface area contributed by atoms with Crippen molar-refractivity contribution in [1.29, 1.82) is 5.26 Å². The monoisotopic (exact) mass is 190 g/mol. The summed E-state index contributed by atoms with van der Waals surface area (Å²) in [6, 6.07) is 2.27. The minimum absolute atomic E-state index is 0.0430. The third kappa shape index (κ3) is 3.05. The summed E-state index contributed by atoms with van der Waals surface area (Å²) in [5, 5.41) is 12.1. The van der Waals surface area contributed by atoms with Crippen molar-refractivity contribution in [2.75, 3.05) is 6.54 Å². The maximum Gasteiger partial charge on any atom is 0.0988 e. The minimum Gasteiger partial charge on any atom is -0.291 e. The highest BCUT2D eigenvalue weighted by molar-refractivity contribution is 4.99. The molecule has 0 aromatic rings. The zero-order chi connectivity index (χ0) is 10.4. The van der Waals surface area contributed by atoms with Crippen molar-refractivity contribution in [3.63, 3.8) is 0 Å². The zero-order valence-corrected chi connectivity index (χ0v) is 8.79. The highest BCUT2D eigenvalue weighted by atomic mass is 14.9. The van der Waals surface area contributed by atoms with Crippen LogP contribution in [0.4, 0.5) is 0 Å². The van der Waals surface area contributed by atoms with Crippen molar-refractivity contribution in [2.45, 2.75) is 38.6 Å². The lowest BCUT2D eigenvalue weighted by atomic mass is 9.79. The average molecular weight is 190 g/mol. The Kier molecular flexibility index (Phi) is 4.50. The van der Waals surface area contributed by atoms with E-state index in [1.807, 2.05) is 0 Å². The second-order valence-corrected chi connectivity index (χ2v) is 4.21. The first-order valence-electron chi connectivity index (χ1n) is 5.34. The number of rotatable bonds is 3. The van der Waals surface area contributed by atoms with Crippen molar-refractivity contribution >= 4 is 0 Å². The van der Waals surface area contributed by atoms with E-state index < -0.39 is 0 Å². The molecule has 1 fully saturated rings. The van der Waals surface area contributed by atoms with Gasteiger partial charge in [-0.3, -0.25) is 5.32 Å². The minimum atomic E-state index is -0.0430. The van der Waals surface area contributed by atoms with E-state index in [0.29, 0.717) is 12.5 Å². The first-order valence-corrected chi connectivity index (χ1v) is 5.34. The van der Waals surface area contributed by atoms with Gasteiger partial charge in [-0.15, -0.1) is 6.42 Å². The smallest absolute Gasteiger partial charge is 0.0988 e. The molecule has 1 N–H and O–H groups in total. The van der Waals surface area contributed by atoms with Crippen LogP contribution < -0.4 is 5.32 Å². The maximum atomic E-state index is 8.99. The molecule has 0 heterocycles. The molecule has 0 bridgehead atoms. The lowest BCUT2D eigenvalue weighted by Crippen LogP contribution is -2.37. The van der Waals surface area contributed by atoms with Gasteiger partial charge in [-0.05, 0) is 24.7 Å². The second-order valence-electron chi connectivity index (χ2n) is 4.21. The highest BCUT2D eigenvalue weighted by Gasteiger charge is 2.25. The zero-order valence-electron chi connectivity index (χ0n) is 8.79. The predicted molar refractivity (Wildman–Crippen MR) is 57.4 cm³/mol. The summed E-state index contributed by atoms with van der Waals surface area (Å²) in [7, 11) is 0. The fourth-order valence-corrected chi connectivity index (χ4v) is 2.11. The predicted octanol–water partition coefficient (Wildman–Crippen LogP) is 1.93. The van der Waals surface area contributed by atoms with E-state index in [4.69, 9.17) is 11.7 Å². The molecular formula is C12H18N2. The van der Waals surface area contributed by atoms with Crippen LogP contribution in [0.5, 0.6) is 0 Å². The van der Waals surface area contributed by atoms with Gasteiger partial charge in [-0.2, -0.15) is 5.26 Å². The lowest BCUT2D eigenvalue weighted by molar-refractivity contribution is 0.259. The Bertz CT molecular complexity index is 238. The third-order valence-electron chi connectivity index (χ3n) is 3.10. The van der Waals surface area contributed by atoms with Crippen LogP contribution in [-0.2, 0) is 0 Å². The summed E-state index contributed by atoms with van der Waals surface area (Å²) in [4.78, 5) is 0. The van der Waals surface area contributed by atoms with Crippen molar-refractivity contribution < 1.29 is 0 Å². The first kappa shape index (κ1) is 11.1. The average Bonchev–Trinajstić information content (AvgIpc) is 2.21. The van der Waals surface area contributed by atoms with Gasteiger partial charge in [-0.1, -0.05) is 25.7 Å². The van der Waals surface area contributed by atoms with Gasteiger partial charge in [-0.25, -0.2) is 0 Å². The number of hydrogen-bond donors (Lipinski definition) is 1. The topological polar surface area (TPSA) is 35.8 Å². The Morgan fingerprint density at radius 1 is 1.43 bits per heavy atom. The Morgan fingerprint density at radius 2 is 2.07 bits per heavy atom. The van der Waals surface area contributed by atoms with Gasteiger partial charge in [0.2, 0.25) is 0 Å². The molecule has 14 heavy (non-hydrogen) atoms. The quantitative estimate of drug-likeness (QED) is 0.690. The molecule has 0 amide bonds. The summed E-state index contributed by atoms with van der Waals surface area (Å²) >= 11 is 0. The van der Waals surface area contributed by atoms with E-state index in [2.05, 4.69) is 24.2 Å². The standard InChI is InChI=1S/C12H18N2/c1-3-8-14-12(9-13)11-6-4-10(2)5-7-11/h1,10-12,14H,4-8H2,2H3. The number of nitrogens with zero attached hydrogens (tertiary/aromatic N) is 1. The summed E-state index contributed by atoms with van der Waals surface area (Å²) < 4.78 is 0. The van der Waals surface area contributed by atoms with Crippen LogP contribution in [0.25, 0.3) is 0 Å². The Labute approximate surface area is 86.7 Å². The van der Waals surface area contributed by atoms with Crippen molar-refractivity contribution in [3.05, 3.63) is 0 Å². The normalized spacial score (nSPS) is 28.8. The molecule has 2 heteroatoms. The van der Waals surface area contributed by atoms with Gasteiger partial charge in [0, 0.05) is 0 Å². The second kappa shape index (κ2) is 5.68. The van der Waals surface area contributed by atoms with Gasteiger partial charge in [0.1, 0.15) is 0 Å². The largest absolute Gasteiger partial charge is 0.291 e. The molecule has 0 spiro atoms. The third-order valence-corrected chi connectivity index (χ3v) is 3.10. The summed E-state index contributed by atoms with van der Waals surface area (Å²) in [6.45, 7) is 2.79. The van der Waals surface area contributed by atoms with Gasteiger partial charge < -0.3 is 0 Å². The van der Waals surface area contributed by atoms with E-state index >= 15 is 0 Å². The molecule has 0 aliphatic heterocycles. The Morgan fingerprint density at radius 3 is 2.57 bits per heavy atom. The van der Waals surface area contributed by atoms with Gasteiger partial charge in [0.05, 0.1) is 18.7 Å². The van der Waals surface area contributed by atoms with Gasteiger partial charge >= 0.3 is 0 Å². The summed E-state index contributed by atoms with van der Waals surface area (Å²) in [5.74, 6) is 3.85. The van der Waals surface area contributed by atoms with E-state index in [-0.39, 0.29) is 6.04 Å². The maximum absolute atomic E-state index is 8.99. The van der Waals surface area contributed by atoms with Gasteiger partial charge in [0.25, 0.3) is 0 Å². The van der Waals surface area contributed by atoms with Crippen LogP contribution in [0.2, 0.25) is 0 Å². The molecule has 1 saturated carbocycles. The molecule has 1 aliphatic rings. The lowest BCUT2D eigenvalue weighted by Gasteiger charge is -2.29. The molecule has 1 atom stereocenters. The molecule has 76 valence electrons. The molecule has 1 unspecified atom stereocenters. The summed E-state index contributed by atoms with van der Waals surface area (Å²) in [6.07, 6.45) is 9.99. The molecule has 1 rings (SSSR count). The number of nitrogens with one attached hydrogen (secondary N) is 1. The number of nitriles is 1. The van der Waals surface area contributed by atoms with E-state index in [1.165, 1.54) is 12.8 Å². The molecule has 0 aromatic carbocycles. The van der Waals surface area contributed by atoms with E-state index in [9.17, 15) is 0 Å². The van der Waals surface area contributed by atoms with Crippen molar-refractivity contribution in [3.8, 4) is 18.4 Å². The van der Waals surface area contributed by atoms with Crippen LogP contribution in [0, 0.1) is 35.5 Å². The Balaban J connectivity index is 2.38. The SMILES string of the molecule is C#CCNC(C#N)C1CCC(C)CC1. The first-order chi connectivity index (χ1) is 6.77. The fraction of sp³-hybridized carbons (Fsp3) is 0.750. The van der Waals surface area contributed by atoms with E-state index in [1.54, 1.807) is 0 Å². The molecule has 0 radical (unpaired) electrons. The molecule has 1 aliphatic carbocycles.